The maximum absolute atomic E-state index is 11.6. The molecule has 1 fully saturated rings. The van der Waals surface area contributed by atoms with Crippen LogP contribution in [-0.2, 0) is 4.79 Å². The molecule has 2 heterocycles. The zero-order chi connectivity index (χ0) is 13.3. The highest BCUT2D eigenvalue weighted by atomic mass is 32.1. The molecule has 6 nitrogen and oxygen atoms in total. The summed E-state index contributed by atoms with van der Waals surface area (Å²) in [5, 5.41) is 2.80. The Hall–Kier alpha value is -1.76. The average molecular weight is 265 g/mol. The SMILES string of the molecule is Cc1cc(C(N)=S)nc(N2CCNC(=O)C2C)n1. The predicted octanol–water partition coefficient (Wildman–Crippen LogP) is -0.256. The van der Waals surface area contributed by atoms with Gasteiger partial charge in [0.05, 0.1) is 0 Å². The standard InChI is InChI=1S/C11H15N5OS/c1-6-5-8(9(12)18)15-11(14-6)16-4-3-13-10(17)7(16)2/h5,7H,3-4H2,1-2H3,(H2,12,18)(H,13,17). The molecule has 1 aromatic rings. The minimum atomic E-state index is -0.292. The Morgan fingerprint density at radius 3 is 3.00 bits per heavy atom. The van der Waals surface area contributed by atoms with E-state index in [1.54, 1.807) is 6.07 Å². The smallest absolute Gasteiger partial charge is 0.242 e. The minimum absolute atomic E-state index is 0.0248. The monoisotopic (exact) mass is 265 g/mol. The van der Waals surface area contributed by atoms with Crippen molar-refractivity contribution < 1.29 is 4.79 Å². The van der Waals surface area contributed by atoms with Gasteiger partial charge in [-0.25, -0.2) is 9.97 Å². The van der Waals surface area contributed by atoms with Gasteiger partial charge in [0.1, 0.15) is 16.7 Å². The van der Waals surface area contributed by atoms with E-state index in [-0.39, 0.29) is 16.9 Å². The first kappa shape index (κ1) is 12.7. The van der Waals surface area contributed by atoms with E-state index in [2.05, 4.69) is 15.3 Å². The Morgan fingerprint density at radius 2 is 2.33 bits per heavy atom. The number of aryl methyl sites for hydroxylation is 1. The maximum atomic E-state index is 11.6. The molecule has 3 N–H and O–H groups in total. The van der Waals surface area contributed by atoms with Crippen LogP contribution >= 0.6 is 12.2 Å². The van der Waals surface area contributed by atoms with Crippen LogP contribution in [0.2, 0.25) is 0 Å². The number of piperazine rings is 1. The van der Waals surface area contributed by atoms with Crippen LogP contribution in [0.25, 0.3) is 0 Å². The molecule has 1 saturated heterocycles. The van der Waals surface area contributed by atoms with Crippen LogP contribution in [0.15, 0.2) is 6.07 Å². The molecule has 0 radical (unpaired) electrons. The number of nitrogens with one attached hydrogen (secondary N) is 1. The van der Waals surface area contributed by atoms with Gasteiger partial charge in [0.2, 0.25) is 11.9 Å². The van der Waals surface area contributed by atoms with Gasteiger partial charge in [0.15, 0.2) is 0 Å². The Balaban J connectivity index is 2.38. The third-order valence-corrected chi connectivity index (χ3v) is 3.06. The molecule has 1 aromatic heterocycles. The zero-order valence-electron chi connectivity index (χ0n) is 10.3. The number of thiocarbonyl (C=S) groups is 1. The van der Waals surface area contributed by atoms with Crippen molar-refractivity contribution in [2.45, 2.75) is 19.9 Å². The molecule has 0 aromatic carbocycles. The van der Waals surface area contributed by atoms with Gasteiger partial charge in [-0.15, -0.1) is 0 Å². The van der Waals surface area contributed by atoms with Gasteiger partial charge in [0.25, 0.3) is 0 Å². The van der Waals surface area contributed by atoms with Crippen LogP contribution in [0, 0.1) is 6.92 Å². The summed E-state index contributed by atoms with van der Waals surface area (Å²) >= 11 is 4.93. The van der Waals surface area contributed by atoms with Gasteiger partial charge in [-0.2, -0.15) is 0 Å². The van der Waals surface area contributed by atoms with Crippen molar-refractivity contribution in [3.63, 3.8) is 0 Å². The second-order valence-electron chi connectivity index (χ2n) is 4.22. The highest BCUT2D eigenvalue weighted by molar-refractivity contribution is 7.80. The van der Waals surface area contributed by atoms with Crippen molar-refractivity contribution in [2.24, 2.45) is 5.73 Å². The molecular weight excluding hydrogens is 250 g/mol. The van der Waals surface area contributed by atoms with Gasteiger partial charge in [-0.3, -0.25) is 4.79 Å². The summed E-state index contributed by atoms with van der Waals surface area (Å²) in [4.78, 5) is 22.4. The molecule has 1 amide bonds. The van der Waals surface area contributed by atoms with Gasteiger partial charge >= 0.3 is 0 Å². The number of amides is 1. The second kappa shape index (κ2) is 4.85. The van der Waals surface area contributed by atoms with Gasteiger partial charge in [-0.05, 0) is 19.9 Å². The molecule has 18 heavy (non-hydrogen) atoms. The van der Waals surface area contributed by atoms with Crippen molar-refractivity contribution >= 4 is 29.1 Å². The van der Waals surface area contributed by atoms with Crippen LogP contribution in [0.3, 0.4) is 0 Å². The highest BCUT2D eigenvalue weighted by Crippen LogP contribution is 2.15. The summed E-state index contributed by atoms with van der Waals surface area (Å²) < 4.78 is 0. The summed E-state index contributed by atoms with van der Waals surface area (Å²) in [6.45, 7) is 4.93. The Labute approximate surface area is 111 Å². The lowest BCUT2D eigenvalue weighted by atomic mass is 10.2. The number of anilines is 1. The quantitative estimate of drug-likeness (QED) is 0.717. The third-order valence-electron chi connectivity index (χ3n) is 2.85. The van der Waals surface area contributed by atoms with E-state index in [0.29, 0.717) is 24.7 Å². The number of rotatable bonds is 2. The van der Waals surface area contributed by atoms with Crippen LogP contribution < -0.4 is 16.0 Å². The first-order valence-electron chi connectivity index (χ1n) is 5.69. The minimum Gasteiger partial charge on any atom is -0.388 e. The van der Waals surface area contributed by atoms with Crippen molar-refractivity contribution in [2.75, 3.05) is 18.0 Å². The predicted molar refractivity (Wildman–Crippen MR) is 72.5 cm³/mol. The number of hydrogen-bond donors (Lipinski definition) is 2. The molecule has 1 atom stereocenters. The lowest BCUT2D eigenvalue weighted by molar-refractivity contribution is -0.122. The van der Waals surface area contributed by atoms with Gasteiger partial charge in [-0.1, -0.05) is 12.2 Å². The molecule has 1 aliphatic heterocycles. The van der Waals surface area contributed by atoms with E-state index in [9.17, 15) is 4.79 Å². The fourth-order valence-corrected chi connectivity index (χ4v) is 1.97. The number of carbonyl (C=O) groups is 1. The lowest BCUT2D eigenvalue weighted by Gasteiger charge is -2.33. The Bertz CT molecular complexity index is 504. The molecule has 96 valence electrons. The topological polar surface area (TPSA) is 84.1 Å². The zero-order valence-corrected chi connectivity index (χ0v) is 11.1. The molecule has 0 saturated carbocycles. The number of aromatic nitrogens is 2. The van der Waals surface area contributed by atoms with Crippen molar-refractivity contribution in [1.29, 1.82) is 0 Å². The summed E-state index contributed by atoms with van der Waals surface area (Å²) in [6, 6.07) is 1.44. The molecule has 0 aliphatic carbocycles. The average Bonchev–Trinajstić information content (AvgIpc) is 2.31. The van der Waals surface area contributed by atoms with Crippen LogP contribution in [0.5, 0.6) is 0 Å². The lowest BCUT2D eigenvalue weighted by Crippen LogP contribution is -2.54. The van der Waals surface area contributed by atoms with Crippen LogP contribution in [0.1, 0.15) is 18.3 Å². The normalized spacial score (nSPS) is 19.6. The molecule has 0 bridgehead atoms. The molecule has 0 spiro atoms. The number of nitrogens with zero attached hydrogens (tertiary/aromatic N) is 3. The van der Waals surface area contributed by atoms with Crippen LogP contribution in [0.4, 0.5) is 5.95 Å². The van der Waals surface area contributed by atoms with Crippen molar-refractivity contribution in [3.05, 3.63) is 17.5 Å². The highest BCUT2D eigenvalue weighted by Gasteiger charge is 2.27. The third kappa shape index (κ3) is 2.40. The first-order valence-corrected chi connectivity index (χ1v) is 6.09. The molecule has 2 rings (SSSR count). The molecule has 1 unspecified atom stereocenters. The fourth-order valence-electron chi connectivity index (χ4n) is 1.86. The van der Waals surface area contributed by atoms with Crippen molar-refractivity contribution in [1.82, 2.24) is 15.3 Å². The molecule has 7 heteroatoms. The Morgan fingerprint density at radius 1 is 1.61 bits per heavy atom. The summed E-state index contributed by atoms with van der Waals surface area (Å²) in [7, 11) is 0. The summed E-state index contributed by atoms with van der Waals surface area (Å²) in [5.41, 5.74) is 6.90. The van der Waals surface area contributed by atoms with E-state index < -0.39 is 0 Å². The van der Waals surface area contributed by atoms with Crippen molar-refractivity contribution in [3.8, 4) is 0 Å². The Kier molecular flexibility index (Phi) is 3.42. The summed E-state index contributed by atoms with van der Waals surface area (Å²) in [6.07, 6.45) is 0. The van der Waals surface area contributed by atoms with E-state index in [0.717, 1.165) is 5.69 Å². The number of nitrogens with two attached hydrogens (primary N) is 1. The van der Waals surface area contributed by atoms with Gasteiger partial charge < -0.3 is 16.0 Å². The molecular formula is C11H15N5OS. The number of carbonyl (C=O) groups excluding carboxylic acids is 1. The van der Waals surface area contributed by atoms with E-state index in [1.165, 1.54) is 0 Å². The van der Waals surface area contributed by atoms with E-state index in [4.69, 9.17) is 18.0 Å². The second-order valence-corrected chi connectivity index (χ2v) is 4.66. The van der Waals surface area contributed by atoms with E-state index >= 15 is 0 Å². The van der Waals surface area contributed by atoms with E-state index in [1.807, 2.05) is 18.7 Å². The number of hydrogen-bond acceptors (Lipinski definition) is 5. The maximum Gasteiger partial charge on any atom is 0.242 e. The summed E-state index contributed by atoms with van der Waals surface area (Å²) in [5.74, 6) is 0.475. The fraction of sp³-hybridized carbons (Fsp3) is 0.455. The van der Waals surface area contributed by atoms with Gasteiger partial charge in [0, 0.05) is 18.8 Å². The first-order chi connectivity index (χ1) is 8.49. The molecule has 1 aliphatic rings. The van der Waals surface area contributed by atoms with Crippen LogP contribution in [-0.4, -0.2) is 40.0 Å². The largest absolute Gasteiger partial charge is 0.388 e.